The van der Waals surface area contributed by atoms with Crippen LogP contribution in [-0.4, -0.2) is 56.6 Å². The number of nitrogens with one attached hydrogen (secondary N) is 1. The lowest BCUT2D eigenvalue weighted by Gasteiger charge is -2.32. The molecule has 204 valence electrons. The summed E-state index contributed by atoms with van der Waals surface area (Å²) in [6.07, 6.45) is 1.29. The van der Waals surface area contributed by atoms with E-state index in [1.807, 2.05) is 32.9 Å². The fourth-order valence-corrected chi connectivity index (χ4v) is 5.09. The van der Waals surface area contributed by atoms with Crippen LogP contribution < -0.4 is 14.4 Å². The average molecular weight is 573 g/mol. The van der Waals surface area contributed by atoms with Crippen molar-refractivity contribution in [1.82, 2.24) is 10.2 Å². The molecule has 0 fully saturated rings. The predicted octanol–water partition coefficient (Wildman–Crippen LogP) is 4.88. The number of ether oxygens (including phenoxy) is 1. The van der Waals surface area contributed by atoms with Crippen LogP contribution in [-0.2, 0) is 26.2 Å². The number of benzene rings is 2. The third kappa shape index (κ3) is 9.39. The number of hydrogen-bond donors (Lipinski definition) is 1. The molecule has 2 aromatic carbocycles. The third-order valence-electron chi connectivity index (χ3n) is 5.48. The number of hydrogen-bond acceptors (Lipinski definition) is 5. The van der Waals surface area contributed by atoms with Gasteiger partial charge in [-0.2, -0.15) is 0 Å². The number of anilines is 1. The van der Waals surface area contributed by atoms with Gasteiger partial charge in [0.2, 0.25) is 21.8 Å². The molecule has 0 unspecified atom stereocenters. The molecule has 0 aliphatic rings. The molecule has 0 aromatic heterocycles. The highest BCUT2D eigenvalue weighted by Crippen LogP contribution is 2.31. The Kier molecular flexibility index (Phi) is 10.7. The number of amides is 2. The van der Waals surface area contributed by atoms with Crippen molar-refractivity contribution in [2.45, 2.75) is 58.7 Å². The van der Waals surface area contributed by atoms with Gasteiger partial charge in [0.1, 0.15) is 11.8 Å². The SMILES string of the molecule is COc1cccc(CN(C(=O)CCCN(c2cc(Cl)ccc2Cl)S(C)(=O)=O)[C@@H](C)C(=O)NC(C)(C)C)c1. The Balaban J connectivity index is 2.24. The maximum absolute atomic E-state index is 13.4. The monoisotopic (exact) mass is 571 g/mol. The Morgan fingerprint density at radius 2 is 1.78 bits per heavy atom. The molecule has 0 heterocycles. The molecule has 1 atom stereocenters. The lowest BCUT2D eigenvalue weighted by molar-refractivity contribution is -0.141. The molecule has 8 nitrogen and oxygen atoms in total. The number of carbonyl (C=O) groups is 2. The van der Waals surface area contributed by atoms with Crippen molar-refractivity contribution >= 4 is 50.7 Å². The summed E-state index contributed by atoms with van der Waals surface area (Å²) in [6, 6.07) is 11.1. The highest BCUT2D eigenvalue weighted by Gasteiger charge is 2.29. The van der Waals surface area contributed by atoms with Crippen molar-refractivity contribution in [2.75, 3.05) is 24.2 Å². The molecule has 0 radical (unpaired) electrons. The van der Waals surface area contributed by atoms with E-state index in [2.05, 4.69) is 5.32 Å². The number of carbonyl (C=O) groups excluding carboxylic acids is 2. The molecule has 2 amide bonds. The van der Waals surface area contributed by atoms with Gasteiger partial charge in [-0.05, 0) is 70.0 Å². The van der Waals surface area contributed by atoms with Crippen molar-refractivity contribution in [3.05, 3.63) is 58.1 Å². The zero-order valence-corrected chi connectivity index (χ0v) is 24.4. The van der Waals surface area contributed by atoms with E-state index in [1.165, 1.54) is 17.0 Å². The zero-order valence-electron chi connectivity index (χ0n) is 22.0. The van der Waals surface area contributed by atoms with Gasteiger partial charge in [0.05, 0.1) is 24.1 Å². The number of nitrogens with zero attached hydrogens (tertiary/aromatic N) is 2. The van der Waals surface area contributed by atoms with Gasteiger partial charge >= 0.3 is 0 Å². The van der Waals surface area contributed by atoms with Gasteiger partial charge in [0, 0.05) is 30.1 Å². The summed E-state index contributed by atoms with van der Waals surface area (Å²) in [7, 11) is -2.14. The predicted molar refractivity (Wildman–Crippen MR) is 149 cm³/mol. The molecule has 2 aromatic rings. The minimum atomic E-state index is -3.69. The van der Waals surface area contributed by atoms with E-state index < -0.39 is 21.6 Å². The second kappa shape index (κ2) is 12.8. The number of rotatable bonds is 11. The van der Waals surface area contributed by atoms with Crippen LogP contribution in [0.15, 0.2) is 42.5 Å². The fourth-order valence-electron chi connectivity index (χ4n) is 3.68. The van der Waals surface area contributed by atoms with Gasteiger partial charge in [-0.25, -0.2) is 8.42 Å². The van der Waals surface area contributed by atoms with Crippen LogP contribution in [0.4, 0.5) is 5.69 Å². The molecule has 0 aliphatic carbocycles. The molecule has 1 N–H and O–H groups in total. The summed E-state index contributed by atoms with van der Waals surface area (Å²) in [5.41, 5.74) is 0.573. The minimum Gasteiger partial charge on any atom is -0.497 e. The smallest absolute Gasteiger partial charge is 0.242 e. The first-order chi connectivity index (χ1) is 17.1. The van der Waals surface area contributed by atoms with E-state index in [-0.39, 0.29) is 48.5 Å². The molecular formula is C26H35Cl2N3O5S. The van der Waals surface area contributed by atoms with Crippen LogP contribution in [0.5, 0.6) is 5.75 Å². The van der Waals surface area contributed by atoms with Gasteiger partial charge in [0.25, 0.3) is 0 Å². The second-order valence-electron chi connectivity index (χ2n) is 9.82. The van der Waals surface area contributed by atoms with Crippen molar-refractivity contribution in [1.29, 1.82) is 0 Å². The zero-order chi connectivity index (χ0) is 28.0. The number of methoxy groups -OCH3 is 1. The summed E-state index contributed by atoms with van der Waals surface area (Å²) in [4.78, 5) is 27.8. The molecule has 0 bridgehead atoms. The van der Waals surface area contributed by atoms with Crippen molar-refractivity contribution < 1.29 is 22.7 Å². The second-order valence-corrected chi connectivity index (χ2v) is 12.6. The molecule has 0 saturated carbocycles. The number of halogens is 2. The maximum atomic E-state index is 13.4. The Bertz CT molecular complexity index is 1210. The van der Waals surface area contributed by atoms with E-state index in [0.29, 0.717) is 10.8 Å². The van der Waals surface area contributed by atoms with Crippen LogP contribution in [0.3, 0.4) is 0 Å². The van der Waals surface area contributed by atoms with Crippen LogP contribution >= 0.6 is 23.2 Å². The van der Waals surface area contributed by atoms with Gasteiger partial charge in [-0.1, -0.05) is 35.3 Å². The highest BCUT2D eigenvalue weighted by atomic mass is 35.5. The quantitative estimate of drug-likeness (QED) is 0.414. The Hall–Kier alpha value is -2.49. The summed E-state index contributed by atoms with van der Waals surface area (Å²) < 4.78 is 31.4. The minimum absolute atomic E-state index is 0.0141. The van der Waals surface area contributed by atoms with Gasteiger partial charge in [-0.15, -0.1) is 0 Å². The molecule has 11 heteroatoms. The molecule has 0 spiro atoms. The van der Waals surface area contributed by atoms with E-state index >= 15 is 0 Å². The van der Waals surface area contributed by atoms with Gasteiger partial charge in [-0.3, -0.25) is 13.9 Å². The maximum Gasteiger partial charge on any atom is 0.242 e. The van der Waals surface area contributed by atoms with E-state index in [9.17, 15) is 18.0 Å². The molecule has 0 saturated heterocycles. The summed E-state index contributed by atoms with van der Waals surface area (Å²) in [6.45, 7) is 7.48. The van der Waals surface area contributed by atoms with Gasteiger partial charge in [0.15, 0.2) is 0 Å². The Labute approximate surface area is 229 Å². The van der Waals surface area contributed by atoms with Crippen molar-refractivity contribution in [3.8, 4) is 5.75 Å². The lowest BCUT2D eigenvalue weighted by Crippen LogP contribution is -2.52. The summed E-state index contributed by atoms with van der Waals surface area (Å²) in [5, 5.41) is 3.49. The first-order valence-electron chi connectivity index (χ1n) is 11.8. The normalized spacial score (nSPS) is 12.5. The largest absolute Gasteiger partial charge is 0.497 e. The van der Waals surface area contributed by atoms with Crippen molar-refractivity contribution in [3.63, 3.8) is 0 Å². The van der Waals surface area contributed by atoms with Crippen LogP contribution in [0.1, 0.15) is 46.1 Å². The molecule has 2 rings (SSSR count). The standard InChI is InChI=1S/C26H35Cl2N3O5S/c1-18(25(33)29-26(2,3)4)30(17-19-9-7-10-21(15-19)36-5)24(32)11-8-14-31(37(6,34)35)23-16-20(27)12-13-22(23)28/h7,9-10,12-13,15-16,18H,8,11,14,17H2,1-6H3,(H,29,33)/t18-/m0/s1. The Morgan fingerprint density at radius 3 is 2.38 bits per heavy atom. The first kappa shape index (κ1) is 30.7. The van der Waals surface area contributed by atoms with E-state index in [1.54, 1.807) is 32.2 Å². The summed E-state index contributed by atoms with van der Waals surface area (Å²) in [5.74, 6) is 0.0659. The van der Waals surface area contributed by atoms with Crippen molar-refractivity contribution in [2.24, 2.45) is 0 Å². The molecular weight excluding hydrogens is 537 g/mol. The highest BCUT2D eigenvalue weighted by molar-refractivity contribution is 7.92. The average Bonchev–Trinajstić information content (AvgIpc) is 2.79. The molecule has 0 aliphatic heterocycles. The Morgan fingerprint density at radius 1 is 1.11 bits per heavy atom. The topological polar surface area (TPSA) is 96.0 Å². The van der Waals surface area contributed by atoms with Crippen LogP contribution in [0.2, 0.25) is 10.0 Å². The van der Waals surface area contributed by atoms with Crippen LogP contribution in [0.25, 0.3) is 0 Å². The number of sulfonamides is 1. The van der Waals surface area contributed by atoms with Crippen LogP contribution in [0, 0.1) is 0 Å². The third-order valence-corrected chi connectivity index (χ3v) is 7.22. The fraction of sp³-hybridized carbons (Fsp3) is 0.462. The van der Waals surface area contributed by atoms with E-state index in [4.69, 9.17) is 27.9 Å². The van der Waals surface area contributed by atoms with Gasteiger partial charge < -0.3 is 15.0 Å². The lowest BCUT2D eigenvalue weighted by atomic mass is 10.1. The molecule has 37 heavy (non-hydrogen) atoms. The van der Waals surface area contributed by atoms with E-state index in [0.717, 1.165) is 16.1 Å². The summed E-state index contributed by atoms with van der Waals surface area (Å²) >= 11 is 12.3. The first-order valence-corrected chi connectivity index (χ1v) is 14.4.